The first-order chi connectivity index (χ1) is 11.1. The zero-order chi connectivity index (χ0) is 16.2. The van der Waals surface area contributed by atoms with Crippen LogP contribution in [0, 0.1) is 0 Å². The summed E-state index contributed by atoms with van der Waals surface area (Å²) in [7, 11) is 0. The van der Waals surface area contributed by atoms with E-state index in [4.69, 9.17) is 0 Å². The van der Waals surface area contributed by atoms with E-state index in [9.17, 15) is 9.59 Å². The number of aromatic nitrogens is 1. The molecule has 5 heteroatoms. The van der Waals surface area contributed by atoms with Crippen LogP contribution in [0.3, 0.4) is 0 Å². The number of rotatable bonds is 3. The summed E-state index contributed by atoms with van der Waals surface area (Å²) in [5.74, 6) is -0.0483. The van der Waals surface area contributed by atoms with Crippen molar-refractivity contribution in [2.24, 2.45) is 0 Å². The van der Waals surface area contributed by atoms with Crippen molar-refractivity contribution in [2.45, 2.75) is 6.92 Å². The monoisotopic (exact) mass is 305 g/mol. The summed E-state index contributed by atoms with van der Waals surface area (Å²) in [6, 6.07) is 15.9. The average molecular weight is 305 g/mol. The fourth-order valence-corrected chi connectivity index (χ4v) is 2.25. The van der Waals surface area contributed by atoms with Gasteiger partial charge in [-0.2, -0.15) is 0 Å². The van der Waals surface area contributed by atoms with Crippen molar-refractivity contribution in [3.05, 3.63) is 66.4 Å². The van der Waals surface area contributed by atoms with Gasteiger partial charge in [-0.15, -0.1) is 0 Å². The van der Waals surface area contributed by atoms with E-state index < -0.39 is 0 Å². The number of benzene rings is 2. The summed E-state index contributed by atoms with van der Waals surface area (Å²) in [4.78, 5) is 27.7. The minimum absolute atomic E-state index is 0.0483. The van der Waals surface area contributed by atoms with Crippen molar-refractivity contribution in [1.82, 2.24) is 4.98 Å². The summed E-state index contributed by atoms with van der Waals surface area (Å²) in [6.45, 7) is 1.49. The highest BCUT2D eigenvalue weighted by Crippen LogP contribution is 2.17. The molecule has 0 saturated carbocycles. The Morgan fingerprint density at radius 1 is 0.913 bits per heavy atom. The van der Waals surface area contributed by atoms with Crippen molar-refractivity contribution < 1.29 is 9.59 Å². The van der Waals surface area contributed by atoms with Crippen LogP contribution in [0.1, 0.15) is 17.3 Å². The van der Waals surface area contributed by atoms with Gasteiger partial charge in [-0.25, -0.2) is 4.79 Å². The van der Waals surface area contributed by atoms with Gasteiger partial charge in [0.05, 0.1) is 17.4 Å². The van der Waals surface area contributed by atoms with E-state index in [-0.39, 0.29) is 11.8 Å². The molecule has 0 aliphatic rings. The molecule has 1 aromatic heterocycles. The molecule has 0 radical (unpaired) electrons. The number of Topliss-reactive ketones (excluding diaryl/α,β-unsaturated/α-hetero) is 1. The number of hydrogen-bond donors (Lipinski definition) is 2. The van der Waals surface area contributed by atoms with E-state index in [1.54, 1.807) is 30.5 Å². The zero-order valence-corrected chi connectivity index (χ0v) is 12.5. The summed E-state index contributed by atoms with van der Waals surface area (Å²) >= 11 is 0. The quantitative estimate of drug-likeness (QED) is 0.716. The maximum Gasteiger partial charge on any atom is 0.323 e. The third-order valence-corrected chi connectivity index (χ3v) is 3.38. The number of nitrogens with one attached hydrogen (secondary N) is 2. The van der Waals surface area contributed by atoms with Crippen LogP contribution in [0.4, 0.5) is 16.2 Å². The molecule has 2 aromatic carbocycles. The Hall–Kier alpha value is -3.21. The second-order valence-electron chi connectivity index (χ2n) is 5.13. The van der Waals surface area contributed by atoms with Gasteiger partial charge in [0.2, 0.25) is 0 Å². The van der Waals surface area contributed by atoms with Gasteiger partial charge >= 0.3 is 6.03 Å². The molecule has 23 heavy (non-hydrogen) atoms. The number of amides is 2. The molecule has 3 aromatic rings. The van der Waals surface area contributed by atoms with E-state index in [1.807, 2.05) is 30.3 Å². The van der Waals surface area contributed by atoms with E-state index in [0.29, 0.717) is 16.9 Å². The fourth-order valence-electron chi connectivity index (χ4n) is 2.25. The maximum absolute atomic E-state index is 12.1. The Balaban J connectivity index is 1.73. The third-order valence-electron chi connectivity index (χ3n) is 3.38. The van der Waals surface area contributed by atoms with E-state index in [1.165, 1.54) is 6.92 Å². The molecule has 2 N–H and O–H groups in total. The second-order valence-corrected chi connectivity index (χ2v) is 5.13. The standard InChI is InChI=1S/C18H15N3O2/c1-12(22)13-6-4-7-15(9-13)20-18(23)21-16-10-14-5-2-3-8-17(14)19-11-16/h2-11H,1H3,(H2,20,21,23). The highest BCUT2D eigenvalue weighted by atomic mass is 16.2. The van der Waals surface area contributed by atoms with Crippen molar-refractivity contribution >= 4 is 34.1 Å². The molecule has 3 rings (SSSR count). The van der Waals surface area contributed by atoms with Crippen LogP contribution >= 0.6 is 0 Å². The summed E-state index contributed by atoms with van der Waals surface area (Å²) in [5.41, 5.74) is 2.58. The Labute approximate surface area is 133 Å². The van der Waals surface area contributed by atoms with Crippen molar-refractivity contribution in [2.75, 3.05) is 10.6 Å². The number of carbonyl (C=O) groups is 2. The van der Waals surface area contributed by atoms with Gasteiger partial charge in [0.1, 0.15) is 0 Å². The predicted octanol–water partition coefficient (Wildman–Crippen LogP) is 4.08. The number of anilines is 2. The lowest BCUT2D eigenvalue weighted by Gasteiger charge is -2.09. The third kappa shape index (κ3) is 3.52. The topological polar surface area (TPSA) is 71.1 Å². The predicted molar refractivity (Wildman–Crippen MR) is 90.8 cm³/mol. The van der Waals surface area contributed by atoms with Crippen molar-refractivity contribution in [3.63, 3.8) is 0 Å². The molecule has 5 nitrogen and oxygen atoms in total. The first-order valence-corrected chi connectivity index (χ1v) is 7.15. The number of pyridine rings is 1. The molecule has 0 spiro atoms. The Morgan fingerprint density at radius 3 is 2.52 bits per heavy atom. The molecule has 0 unspecified atom stereocenters. The molecule has 0 aliphatic carbocycles. The summed E-state index contributed by atoms with van der Waals surface area (Å²) in [5, 5.41) is 6.39. The highest BCUT2D eigenvalue weighted by Gasteiger charge is 2.06. The minimum atomic E-state index is -0.386. The van der Waals surface area contributed by atoms with Crippen LogP contribution in [-0.2, 0) is 0 Å². The molecular formula is C18H15N3O2. The van der Waals surface area contributed by atoms with Gasteiger partial charge in [-0.3, -0.25) is 9.78 Å². The average Bonchev–Trinajstić information content (AvgIpc) is 2.55. The second kappa shape index (κ2) is 6.27. The van der Waals surface area contributed by atoms with E-state index in [0.717, 1.165) is 10.9 Å². The van der Waals surface area contributed by atoms with Crippen LogP contribution in [0.25, 0.3) is 10.9 Å². The number of urea groups is 1. The Bertz CT molecular complexity index is 890. The zero-order valence-electron chi connectivity index (χ0n) is 12.5. The number of ketones is 1. The lowest BCUT2D eigenvalue weighted by molar-refractivity contribution is 0.101. The van der Waals surface area contributed by atoms with Crippen LogP contribution in [0.5, 0.6) is 0 Å². The fraction of sp³-hybridized carbons (Fsp3) is 0.0556. The van der Waals surface area contributed by atoms with E-state index in [2.05, 4.69) is 15.6 Å². The Morgan fingerprint density at radius 2 is 1.70 bits per heavy atom. The molecule has 2 amide bonds. The van der Waals surface area contributed by atoms with Gasteiger partial charge in [-0.1, -0.05) is 30.3 Å². The van der Waals surface area contributed by atoms with Gasteiger partial charge < -0.3 is 10.6 Å². The van der Waals surface area contributed by atoms with E-state index >= 15 is 0 Å². The summed E-state index contributed by atoms with van der Waals surface area (Å²) < 4.78 is 0. The molecule has 0 atom stereocenters. The Kier molecular flexibility index (Phi) is 4.01. The molecule has 0 saturated heterocycles. The molecular weight excluding hydrogens is 290 g/mol. The highest BCUT2D eigenvalue weighted by molar-refractivity contribution is 6.02. The van der Waals surface area contributed by atoms with Crippen LogP contribution in [-0.4, -0.2) is 16.8 Å². The van der Waals surface area contributed by atoms with Crippen LogP contribution < -0.4 is 10.6 Å². The molecule has 1 heterocycles. The normalized spacial score (nSPS) is 10.3. The lowest BCUT2D eigenvalue weighted by atomic mass is 10.1. The van der Waals surface area contributed by atoms with Gasteiger partial charge in [0.25, 0.3) is 0 Å². The number of carbonyl (C=O) groups excluding carboxylic acids is 2. The maximum atomic E-state index is 12.1. The van der Waals surface area contributed by atoms with Crippen LogP contribution in [0.15, 0.2) is 60.8 Å². The first kappa shape index (κ1) is 14.7. The number of para-hydroxylation sites is 1. The lowest BCUT2D eigenvalue weighted by Crippen LogP contribution is -2.19. The first-order valence-electron chi connectivity index (χ1n) is 7.15. The SMILES string of the molecule is CC(=O)c1cccc(NC(=O)Nc2cnc3ccccc3c2)c1. The largest absolute Gasteiger partial charge is 0.323 e. The molecule has 0 aliphatic heterocycles. The smallest absolute Gasteiger partial charge is 0.308 e. The van der Waals surface area contributed by atoms with Crippen molar-refractivity contribution in [1.29, 1.82) is 0 Å². The van der Waals surface area contributed by atoms with Crippen LogP contribution in [0.2, 0.25) is 0 Å². The van der Waals surface area contributed by atoms with Crippen molar-refractivity contribution in [3.8, 4) is 0 Å². The molecule has 0 bridgehead atoms. The van der Waals surface area contributed by atoms with Gasteiger partial charge in [0.15, 0.2) is 5.78 Å². The summed E-state index contributed by atoms with van der Waals surface area (Å²) in [6.07, 6.45) is 1.61. The van der Waals surface area contributed by atoms with Gasteiger partial charge in [0, 0.05) is 16.6 Å². The minimum Gasteiger partial charge on any atom is -0.308 e. The number of fused-ring (bicyclic) bond motifs is 1. The van der Waals surface area contributed by atoms with Gasteiger partial charge in [-0.05, 0) is 31.2 Å². The molecule has 0 fully saturated rings. The number of nitrogens with zero attached hydrogens (tertiary/aromatic N) is 1. The molecule has 114 valence electrons. The number of hydrogen-bond acceptors (Lipinski definition) is 3.